The van der Waals surface area contributed by atoms with Crippen LogP contribution in [0.2, 0.25) is 0 Å². The summed E-state index contributed by atoms with van der Waals surface area (Å²) in [6.07, 6.45) is 14.2. The highest BCUT2D eigenvalue weighted by molar-refractivity contribution is 6.17. The summed E-state index contributed by atoms with van der Waals surface area (Å²) in [6.45, 7) is 9.10. The van der Waals surface area contributed by atoms with Crippen LogP contribution >= 0.6 is 0 Å². The summed E-state index contributed by atoms with van der Waals surface area (Å²) in [4.78, 5) is 35.9. The van der Waals surface area contributed by atoms with Crippen LogP contribution in [0.1, 0.15) is 113 Å². The number of ether oxygens (including phenoxy) is 1. The smallest absolute Gasteiger partial charge is 0.310 e. The van der Waals surface area contributed by atoms with Crippen LogP contribution in [0.4, 0.5) is 0 Å². The van der Waals surface area contributed by atoms with Gasteiger partial charge < -0.3 is 4.74 Å². The molecule has 2 rings (SSSR count). The van der Waals surface area contributed by atoms with E-state index in [9.17, 15) is 14.4 Å². The molecule has 0 aromatic heterocycles. The summed E-state index contributed by atoms with van der Waals surface area (Å²) in [7, 11) is 0. The number of benzene rings is 1. The molecule has 1 aliphatic heterocycles. The Morgan fingerprint density at radius 3 is 1.71 bits per heavy atom. The number of nitrogens with one attached hydrogen (secondary N) is 1. The van der Waals surface area contributed by atoms with Gasteiger partial charge in [0, 0.05) is 11.6 Å². The molecule has 0 saturated carbocycles. The molecule has 1 N–H and O–H groups in total. The van der Waals surface area contributed by atoms with Crippen molar-refractivity contribution >= 4 is 17.8 Å². The number of esters is 1. The monoisotopic (exact) mass is 469 g/mol. The number of unbranched alkanes of at least 4 members (excludes halogenated alkanes) is 4. The third-order valence-corrected chi connectivity index (χ3v) is 6.56. The predicted molar refractivity (Wildman–Crippen MR) is 137 cm³/mol. The van der Waals surface area contributed by atoms with Crippen molar-refractivity contribution in [1.29, 1.82) is 0 Å². The highest BCUT2D eigenvalue weighted by Crippen LogP contribution is 2.30. The van der Waals surface area contributed by atoms with Crippen molar-refractivity contribution in [2.24, 2.45) is 0 Å². The SMILES string of the molecule is CCCCc1cc(CCCC)c(CCCC)c(COC(=O)CC2=CC(=O)NC2=O)c1CCCC. The van der Waals surface area contributed by atoms with Crippen LogP contribution < -0.4 is 5.32 Å². The summed E-state index contributed by atoms with van der Waals surface area (Å²) >= 11 is 0. The Morgan fingerprint density at radius 1 is 0.765 bits per heavy atom. The molecule has 0 saturated heterocycles. The first-order valence-electron chi connectivity index (χ1n) is 13.3. The summed E-state index contributed by atoms with van der Waals surface area (Å²) in [6, 6.07) is 2.45. The van der Waals surface area contributed by atoms with E-state index in [0.29, 0.717) is 0 Å². The number of imide groups is 1. The molecule has 1 aromatic carbocycles. The van der Waals surface area contributed by atoms with Crippen LogP contribution in [-0.2, 0) is 51.4 Å². The topological polar surface area (TPSA) is 72.5 Å². The minimum atomic E-state index is -0.502. The van der Waals surface area contributed by atoms with Gasteiger partial charge in [-0.2, -0.15) is 0 Å². The molecule has 0 fully saturated rings. The van der Waals surface area contributed by atoms with Gasteiger partial charge in [0.2, 0.25) is 0 Å². The zero-order valence-electron chi connectivity index (χ0n) is 21.7. The van der Waals surface area contributed by atoms with E-state index in [1.165, 1.54) is 33.9 Å². The van der Waals surface area contributed by atoms with E-state index < -0.39 is 17.8 Å². The Hall–Kier alpha value is -2.43. The first kappa shape index (κ1) is 27.8. The van der Waals surface area contributed by atoms with Gasteiger partial charge in [0.25, 0.3) is 11.8 Å². The summed E-state index contributed by atoms with van der Waals surface area (Å²) in [5.74, 6) is -1.44. The number of carbonyl (C=O) groups is 3. The molecule has 5 heteroatoms. The third kappa shape index (κ3) is 8.11. The molecule has 1 aliphatic rings. The standard InChI is InChI=1S/C29H43NO4/c1-5-9-13-21-17-22(14-10-6-2)25(16-12-8-4)26(24(21)15-11-7-3)20-34-28(32)19-23-18-27(31)30-29(23)33/h17-18H,5-16,19-20H2,1-4H3,(H,30,31,33). The Kier molecular flexibility index (Phi) is 12.1. The van der Waals surface area contributed by atoms with E-state index in [-0.39, 0.29) is 18.6 Å². The highest BCUT2D eigenvalue weighted by Gasteiger charge is 2.24. The van der Waals surface area contributed by atoms with Crippen LogP contribution in [0.15, 0.2) is 17.7 Å². The van der Waals surface area contributed by atoms with Crippen LogP contribution in [0.5, 0.6) is 0 Å². The van der Waals surface area contributed by atoms with E-state index >= 15 is 0 Å². The lowest BCUT2D eigenvalue weighted by atomic mass is 9.84. The first-order valence-corrected chi connectivity index (χ1v) is 13.3. The first-order chi connectivity index (χ1) is 16.4. The molecule has 1 heterocycles. The Labute approximate surface area is 205 Å². The van der Waals surface area contributed by atoms with Crippen LogP contribution in [0.3, 0.4) is 0 Å². The van der Waals surface area contributed by atoms with Crippen molar-refractivity contribution in [3.63, 3.8) is 0 Å². The van der Waals surface area contributed by atoms with Gasteiger partial charge in [0.1, 0.15) is 6.61 Å². The highest BCUT2D eigenvalue weighted by atomic mass is 16.5. The second kappa shape index (κ2) is 14.7. The van der Waals surface area contributed by atoms with Crippen molar-refractivity contribution in [3.8, 4) is 0 Å². The third-order valence-electron chi connectivity index (χ3n) is 6.56. The number of aryl methyl sites for hydroxylation is 2. The summed E-state index contributed by atoms with van der Waals surface area (Å²) < 4.78 is 5.76. The molecule has 0 unspecified atom stereocenters. The van der Waals surface area contributed by atoms with E-state index in [0.717, 1.165) is 77.0 Å². The molecular weight excluding hydrogens is 426 g/mol. The average Bonchev–Trinajstić information content (AvgIpc) is 3.13. The molecule has 2 amide bonds. The zero-order chi connectivity index (χ0) is 24.9. The number of hydrogen-bond acceptors (Lipinski definition) is 4. The van der Waals surface area contributed by atoms with Gasteiger partial charge >= 0.3 is 5.97 Å². The molecule has 1 aromatic rings. The molecule has 0 spiro atoms. The van der Waals surface area contributed by atoms with E-state index in [2.05, 4.69) is 39.1 Å². The largest absolute Gasteiger partial charge is 0.461 e. The molecule has 34 heavy (non-hydrogen) atoms. The van der Waals surface area contributed by atoms with Gasteiger partial charge in [-0.05, 0) is 79.2 Å². The van der Waals surface area contributed by atoms with Crippen molar-refractivity contribution < 1.29 is 19.1 Å². The van der Waals surface area contributed by atoms with Crippen molar-refractivity contribution in [2.75, 3.05) is 0 Å². The Balaban J connectivity index is 2.40. The fourth-order valence-corrected chi connectivity index (χ4v) is 4.58. The Bertz CT molecular complexity index is 846. The molecular formula is C29H43NO4. The molecule has 0 aliphatic carbocycles. The average molecular weight is 470 g/mol. The van der Waals surface area contributed by atoms with Gasteiger partial charge in [0.15, 0.2) is 0 Å². The second-order valence-corrected chi connectivity index (χ2v) is 9.37. The van der Waals surface area contributed by atoms with Gasteiger partial charge in [0.05, 0.1) is 6.42 Å². The minimum absolute atomic E-state index is 0.174. The molecule has 0 radical (unpaired) electrons. The van der Waals surface area contributed by atoms with Crippen LogP contribution in [0, 0.1) is 0 Å². The quantitative estimate of drug-likeness (QED) is 0.235. The zero-order valence-corrected chi connectivity index (χ0v) is 21.7. The normalized spacial score (nSPS) is 13.2. The van der Waals surface area contributed by atoms with Crippen LogP contribution in [0.25, 0.3) is 0 Å². The molecule has 0 bridgehead atoms. The number of amides is 2. The number of carbonyl (C=O) groups excluding carboxylic acids is 3. The maximum absolute atomic E-state index is 12.6. The summed E-state index contributed by atoms with van der Waals surface area (Å²) in [5, 5.41) is 2.19. The Morgan fingerprint density at radius 2 is 1.26 bits per heavy atom. The fourth-order valence-electron chi connectivity index (χ4n) is 4.58. The van der Waals surface area contributed by atoms with E-state index in [1.54, 1.807) is 0 Å². The van der Waals surface area contributed by atoms with Gasteiger partial charge in [-0.3, -0.25) is 19.7 Å². The van der Waals surface area contributed by atoms with E-state index in [4.69, 9.17) is 4.74 Å². The lowest BCUT2D eigenvalue weighted by molar-refractivity contribution is -0.144. The van der Waals surface area contributed by atoms with Gasteiger partial charge in [-0.1, -0.05) is 59.4 Å². The minimum Gasteiger partial charge on any atom is -0.461 e. The van der Waals surface area contributed by atoms with Crippen molar-refractivity contribution in [3.05, 3.63) is 45.5 Å². The lowest BCUT2D eigenvalue weighted by Crippen LogP contribution is -2.23. The van der Waals surface area contributed by atoms with Crippen molar-refractivity contribution in [1.82, 2.24) is 5.32 Å². The molecule has 5 nitrogen and oxygen atoms in total. The second-order valence-electron chi connectivity index (χ2n) is 9.37. The summed E-state index contributed by atoms with van der Waals surface area (Å²) in [5.41, 5.74) is 6.92. The van der Waals surface area contributed by atoms with Crippen molar-refractivity contribution in [2.45, 2.75) is 118 Å². The molecule has 0 atom stereocenters. The van der Waals surface area contributed by atoms with Crippen LogP contribution in [-0.4, -0.2) is 17.8 Å². The maximum Gasteiger partial charge on any atom is 0.310 e. The predicted octanol–water partition coefficient (Wildman–Crippen LogP) is 6.07. The fraction of sp³-hybridized carbons (Fsp3) is 0.621. The van der Waals surface area contributed by atoms with E-state index in [1.807, 2.05) is 0 Å². The maximum atomic E-state index is 12.6. The number of hydrogen-bond donors (Lipinski definition) is 1. The van der Waals surface area contributed by atoms with Gasteiger partial charge in [-0.15, -0.1) is 0 Å². The number of rotatable bonds is 16. The molecule has 188 valence electrons. The van der Waals surface area contributed by atoms with Gasteiger partial charge in [-0.25, -0.2) is 0 Å². The lowest BCUT2D eigenvalue weighted by Gasteiger charge is -2.23.